The molecule has 1 aliphatic heterocycles. The Labute approximate surface area is 93.9 Å². The van der Waals surface area contributed by atoms with Crippen LogP contribution in [0, 0.1) is 0 Å². The van der Waals surface area contributed by atoms with Crippen molar-refractivity contribution in [2.24, 2.45) is 5.73 Å². The van der Waals surface area contributed by atoms with Gasteiger partial charge in [0.25, 0.3) is 0 Å². The SMILES string of the molecule is NCc1cc(CN2CCCCC2=O)cs1. The lowest BCUT2D eigenvalue weighted by molar-refractivity contribution is -0.133. The first-order valence-electron chi connectivity index (χ1n) is 5.33. The molecule has 0 aliphatic carbocycles. The number of thiophene rings is 1. The van der Waals surface area contributed by atoms with Crippen molar-refractivity contribution in [3.8, 4) is 0 Å². The molecule has 0 aromatic carbocycles. The van der Waals surface area contributed by atoms with E-state index in [4.69, 9.17) is 5.73 Å². The predicted molar refractivity (Wildman–Crippen MR) is 61.5 cm³/mol. The van der Waals surface area contributed by atoms with Crippen LogP contribution in [-0.2, 0) is 17.9 Å². The van der Waals surface area contributed by atoms with E-state index < -0.39 is 0 Å². The lowest BCUT2D eigenvalue weighted by Crippen LogP contribution is -2.34. The molecule has 1 aromatic rings. The molecule has 1 fully saturated rings. The molecular weight excluding hydrogens is 208 g/mol. The molecule has 1 saturated heterocycles. The Hall–Kier alpha value is -0.870. The van der Waals surface area contributed by atoms with Gasteiger partial charge in [-0.05, 0) is 29.9 Å². The highest BCUT2D eigenvalue weighted by Gasteiger charge is 2.18. The van der Waals surface area contributed by atoms with Gasteiger partial charge in [-0.25, -0.2) is 0 Å². The van der Waals surface area contributed by atoms with Crippen LogP contribution in [0.15, 0.2) is 11.4 Å². The highest BCUT2D eigenvalue weighted by Crippen LogP contribution is 2.18. The van der Waals surface area contributed by atoms with Gasteiger partial charge in [-0.2, -0.15) is 0 Å². The molecule has 2 N–H and O–H groups in total. The van der Waals surface area contributed by atoms with Gasteiger partial charge in [-0.15, -0.1) is 11.3 Å². The molecule has 2 rings (SSSR count). The first-order chi connectivity index (χ1) is 7.29. The third-order valence-electron chi connectivity index (χ3n) is 2.70. The molecule has 82 valence electrons. The lowest BCUT2D eigenvalue weighted by atomic mass is 10.1. The average Bonchev–Trinajstić information content (AvgIpc) is 2.69. The molecule has 3 nitrogen and oxygen atoms in total. The van der Waals surface area contributed by atoms with Crippen molar-refractivity contribution in [2.45, 2.75) is 32.4 Å². The number of likely N-dealkylation sites (tertiary alicyclic amines) is 1. The highest BCUT2D eigenvalue weighted by atomic mass is 32.1. The van der Waals surface area contributed by atoms with Crippen LogP contribution < -0.4 is 5.73 Å². The maximum Gasteiger partial charge on any atom is 0.222 e. The second kappa shape index (κ2) is 4.77. The van der Waals surface area contributed by atoms with Crippen LogP contribution in [0.2, 0.25) is 0 Å². The van der Waals surface area contributed by atoms with Crippen LogP contribution in [0.1, 0.15) is 29.7 Å². The van der Waals surface area contributed by atoms with Crippen molar-refractivity contribution < 1.29 is 4.79 Å². The molecule has 0 atom stereocenters. The van der Waals surface area contributed by atoms with E-state index in [2.05, 4.69) is 11.4 Å². The van der Waals surface area contributed by atoms with Gasteiger partial charge in [0.1, 0.15) is 0 Å². The largest absolute Gasteiger partial charge is 0.338 e. The number of rotatable bonds is 3. The van der Waals surface area contributed by atoms with Gasteiger partial charge in [-0.1, -0.05) is 0 Å². The summed E-state index contributed by atoms with van der Waals surface area (Å²) in [5.74, 6) is 0.293. The topological polar surface area (TPSA) is 46.3 Å². The van der Waals surface area contributed by atoms with Crippen molar-refractivity contribution in [2.75, 3.05) is 6.54 Å². The van der Waals surface area contributed by atoms with E-state index in [9.17, 15) is 4.79 Å². The van der Waals surface area contributed by atoms with E-state index in [1.165, 1.54) is 10.4 Å². The van der Waals surface area contributed by atoms with Gasteiger partial charge < -0.3 is 10.6 Å². The summed E-state index contributed by atoms with van der Waals surface area (Å²) in [4.78, 5) is 14.7. The molecule has 2 heterocycles. The van der Waals surface area contributed by atoms with Gasteiger partial charge in [0, 0.05) is 30.9 Å². The summed E-state index contributed by atoms with van der Waals surface area (Å²) in [7, 11) is 0. The zero-order valence-electron chi connectivity index (χ0n) is 8.74. The monoisotopic (exact) mass is 224 g/mol. The number of hydrogen-bond donors (Lipinski definition) is 1. The first-order valence-corrected chi connectivity index (χ1v) is 6.21. The van der Waals surface area contributed by atoms with Crippen molar-refractivity contribution in [3.05, 3.63) is 21.9 Å². The minimum absolute atomic E-state index is 0.293. The molecule has 0 spiro atoms. The molecule has 4 heteroatoms. The lowest BCUT2D eigenvalue weighted by Gasteiger charge is -2.26. The molecule has 15 heavy (non-hydrogen) atoms. The highest BCUT2D eigenvalue weighted by molar-refractivity contribution is 7.10. The minimum Gasteiger partial charge on any atom is -0.338 e. The normalized spacial score (nSPS) is 17.1. The summed E-state index contributed by atoms with van der Waals surface area (Å²) < 4.78 is 0. The Morgan fingerprint density at radius 1 is 1.47 bits per heavy atom. The Balaban J connectivity index is 1.98. The van der Waals surface area contributed by atoms with Crippen molar-refractivity contribution >= 4 is 17.2 Å². The van der Waals surface area contributed by atoms with Crippen LogP contribution in [0.3, 0.4) is 0 Å². The maximum atomic E-state index is 11.6. The average molecular weight is 224 g/mol. The van der Waals surface area contributed by atoms with Crippen LogP contribution in [0.5, 0.6) is 0 Å². The molecular formula is C11H16N2OS. The van der Waals surface area contributed by atoms with Crippen LogP contribution in [0.4, 0.5) is 0 Å². The fourth-order valence-electron chi connectivity index (χ4n) is 1.87. The van der Waals surface area contributed by atoms with E-state index in [-0.39, 0.29) is 0 Å². The first kappa shape index (κ1) is 10.6. The van der Waals surface area contributed by atoms with Crippen molar-refractivity contribution in [1.82, 2.24) is 4.90 Å². The number of amides is 1. The number of carbonyl (C=O) groups excluding carboxylic acids is 1. The third kappa shape index (κ3) is 2.58. The van der Waals surface area contributed by atoms with E-state index in [1.54, 1.807) is 11.3 Å². The van der Waals surface area contributed by atoms with Gasteiger partial charge in [0.15, 0.2) is 0 Å². The Bertz CT molecular complexity index is 348. The molecule has 0 saturated carbocycles. The molecule has 1 aliphatic rings. The zero-order chi connectivity index (χ0) is 10.7. The minimum atomic E-state index is 0.293. The van der Waals surface area contributed by atoms with Crippen LogP contribution in [-0.4, -0.2) is 17.4 Å². The summed E-state index contributed by atoms with van der Waals surface area (Å²) in [5.41, 5.74) is 6.77. The number of nitrogens with two attached hydrogens (primary N) is 1. The van der Waals surface area contributed by atoms with Gasteiger partial charge in [0.05, 0.1) is 0 Å². The summed E-state index contributed by atoms with van der Waals surface area (Å²) in [6.45, 7) is 2.26. The van der Waals surface area contributed by atoms with Gasteiger partial charge in [-0.3, -0.25) is 4.79 Å². The van der Waals surface area contributed by atoms with E-state index in [0.29, 0.717) is 18.9 Å². The number of nitrogens with zero attached hydrogens (tertiary/aromatic N) is 1. The molecule has 0 radical (unpaired) electrons. The van der Waals surface area contributed by atoms with Gasteiger partial charge in [0.2, 0.25) is 5.91 Å². The second-order valence-corrected chi connectivity index (χ2v) is 4.89. The standard InChI is InChI=1S/C11H16N2OS/c12-6-10-5-9(8-15-10)7-13-4-2-1-3-11(13)14/h5,8H,1-4,6-7,12H2. The zero-order valence-corrected chi connectivity index (χ0v) is 9.55. The Kier molecular flexibility index (Phi) is 3.38. The molecule has 0 unspecified atom stereocenters. The quantitative estimate of drug-likeness (QED) is 0.849. The predicted octanol–water partition coefficient (Wildman–Crippen LogP) is 1.72. The van der Waals surface area contributed by atoms with E-state index in [0.717, 1.165) is 25.9 Å². The smallest absolute Gasteiger partial charge is 0.222 e. The van der Waals surface area contributed by atoms with Crippen LogP contribution in [0.25, 0.3) is 0 Å². The summed E-state index contributed by atoms with van der Waals surface area (Å²) >= 11 is 1.68. The fraction of sp³-hybridized carbons (Fsp3) is 0.545. The maximum absolute atomic E-state index is 11.6. The Morgan fingerprint density at radius 2 is 2.33 bits per heavy atom. The summed E-state index contributed by atoms with van der Waals surface area (Å²) in [5, 5.41) is 2.10. The van der Waals surface area contributed by atoms with Gasteiger partial charge >= 0.3 is 0 Å². The molecule has 0 bridgehead atoms. The molecule has 1 aromatic heterocycles. The molecule has 1 amide bonds. The summed E-state index contributed by atoms with van der Waals surface area (Å²) in [6.07, 6.45) is 2.90. The van der Waals surface area contributed by atoms with Crippen molar-refractivity contribution in [3.63, 3.8) is 0 Å². The number of carbonyl (C=O) groups is 1. The van der Waals surface area contributed by atoms with Crippen LogP contribution >= 0.6 is 11.3 Å². The number of hydrogen-bond acceptors (Lipinski definition) is 3. The second-order valence-electron chi connectivity index (χ2n) is 3.90. The fourth-order valence-corrected chi connectivity index (χ4v) is 2.63. The van der Waals surface area contributed by atoms with E-state index >= 15 is 0 Å². The Morgan fingerprint density at radius 3 is 3.00 bits per heavy atom. The number of piperidine rings is 1. The third-order valence-corrected chi connectivity index (χ3v) is 3.71. The van der Waals surface area contributed by atoms with E-state index in [1.807, 2.05) is 4.90 Å². The summed E-state index contributed by atoms with van der Waals surface area (Å²) in [6, 6.07) is 2.10. The van der Waals surface area contributed by atoms with Crippen molar-refractivity contribution in [1.29, 1.82) is 0 Å².